The summed E-state index contributed by atoms with van der Waals surface area (Å²) in [5, 5.41) is 0. The maximum absolute atomic E-state index is 13.2. The molecule has 0 spiro atoms. The lowest BCUT2D eigenvalue weighted by molar-refractivity contribution is -0.225. The lowest BCUT2D eigenvalue weighted by Gasteiger charge is -2.44. The van der Waals surface area contributed by atoms with Crippen LogP contribution >= 0.6 is 0 Å². The summed E-state index contributed by atoms with van der Waals surface area (Å²) in [5.41, 5.74) is 4.20. The molecule has 45 heavy (non-hydrogen) atoms. The second-order valence-corrected chi connectivity index (χ2v) is 12.9. The number of benzene rings is 1. The van der Waals surface area contributed by atoms with Crippen molar-refractivity contribution in [3.05, 3.63) is 89.7 Å². The number of carbonyl (C=O) groups excluding carboxylic acids is 1. The van der Waals surface area contributed by atoms with Gasteiger partial charge in [0, 0.05) is 36.0 Å². The van der Waals surface area contributed by atoms with E-state index in [2.05, 4.69) is 55.8 Å². The molecule has 2 aromatic rings. The van der Waals surface area contributed by atoms with E-state index in [-0.39, 0.29) is 54.4 Å². The Balaban J connectivity index is 1.28. The normalized spacial score (nSPS) is 36.3. The molecule has 1 aromatic heterocycles. The van der Waals surface area contributed by atoms with Crippen molar-refractivity contribution >= 4 is 18.1 Å². The zero-order chi connectivity index (χ0) is 31.3. The van der Waals surface area contributed by atoms with Crippen LogP contribution in [-0.4, -0.2) is 54.2 Å². The molecule has 3 saturated heterocycles. The molecule has 0 N–H and O–H groups in total. The van der Waals surface area contributed by atoms with Crippen molar-refractivity contribution in [2.45, 2.75) is 102 Å². The molecule has 8 heteroatoms. The molecule has 3 fully saturated rings. The third-order valence-electron chi connectivity index (χ3n) is 9.41. The third-order valence-corrected chi connectivity index (χ3v) is 9.41. The van der Waals surface area contributed by atoms with Crippen molar-refractivity contribution in [1.82, 2.24) is 4.98 Å². The molecule has 5 heterocycles. The van der Waals surface area contributed by atoms with E-state index in [9.17, 15) is 4.79 Å². The minimum Gasteiger partial charge on any atom is -0.458 e. The fraction of sp³-hybridized carbons (Fsp3) is 0.514. The van der Waals surface area contributed by atoms with Crippen molar-refractivity contribution in [2.75, 3.05) is 6.61 Å². The Morgan fingerprint density at radius 2 is 1.84 bits per heavy atom. The molecule has 6 rings (SSSR count). The van der Waals surface area contributed by atoms with Crippen LogP contribution in [0.3, 0.4) is 0 Å². The molecule has 4 aliphatic rings. The zero-order valence-corrected chi connectivity index (χ0v) is 26.5. The molecule has 8 bridgehead atoms. The van der Waals surface area contributed by atoms with Crippen molar-refractivity contribution in [3.8, 4) is 0 Å². The zero-order valence-electron chi connectivity index (χ0n) is 26.5. The van der Waals surface area contributed by atoms with E-state index in [1.165, 1.54) is 5.57 Å². The molecule has 0 aliphatic carbocycles. The van der Waals surface area contributed by atoms with Crippen LogP contribution in [0, 0.1) is 11.8 Å². The van der Waals surface area contributed by atoms with Crippen LogP contribution in [0.1, 0.15) is 82.6 Å². The van der Waals surface area contributed by atoms with Gasteiger partial charge in [0.2, 0.25) is 5.89 Å². The summed E-state index contributed by atoms with van der Waals surface area (Å²) in [6.07, 6.45) is 16.0. The average Bonchev–Trinajstić information content (AvgIpc) is 3.53. The largest absolute Gasteiger partial charge is 0.458 e. The van der Waals surface area contributed by atoms with Gasteiger partial charge in [-0.3, -0.25) is 0 Å². The van der Waals surface area contributed by atoms with Crippen molar-refractivity contribution < 1.29 is 32.9 Å². The third kappa shape index (κ3) is 7.93. The molecule has 1 aromatic carbocycles. The van der Waals surface area contributed by atoms with Crippen LogP contribution in [0.25, 0.3) is 12.2 Å². The number of esters is 1. The SMILES string of the molecule is C=C1C[C@H]2C/C=C\C(=O)O[C@H]3[C@@H](C)[C@H](C/C=C/c4cccc(c4)[C@@H]4OCC[C@H](C[C@H](C1)O2)O4)O[C@H](/C(C)=C/c1ncco1)[C@@H]3C. The van der Waals surface area contributed by atoms with E-state index >= 15 is 0 Å². The molecular formula is C37H45NO7. The Morgan fingerprint density at radius 3 is 2.69 bits per heavy atom. The number of rotatable bonds is 2. The van der Waals surface area contributed by atoms with Crippen molar-refractivity contribution in [3.63, 3.8) is 0 Å². The van der Waals surface area contributed by atoms with E-state index in [4.69, 9.17) is 28.1 Å². The highest BCUT2D eigenvalue weighted by molar-refractivity contribution is 5.82. The Labute approximate surface area is 266 Å². The number of fused-ring (bicyclic) bond motifs is 9. The Kier molecular flexibility index (Phi) is 10.1. The predicted octanol–water partition coefficient (Wildman–Crippen LogP) is 7.39. The number of nitrogens with zero attached hydrogens (tertiary/aromatic N) is 1. The molecule has 0 unspecified atom stereocenters. The van der Waals surface area contributed by atoms with Crippen LogP contribution in [0.15, 0.2) is 77.1 Å². The molecule has 9 atom stereocenters. The second kappa shape index (κ2) is 14.4. The van der Waals surface area contributed by atoms with E-state index in [1.807, 2.05) is 25.1 Å². The number of ether oxygens (including phenoxy) is 5. The van der Waals surface area contributed by atoms with Gasteiger partial charge >= 0.3 is 5.97 Å². The number of hydrogen-bond acceptors (Lipinski definition) is 8. The molecule has 0 saturated carbocycles. The molecule has 8 nitrogen and oxygen atoms in total. The molecule has 240 valence electrons. The number of oxazole rings is 1. The summed E-state index contributed by atoms with van der Waals surface area (Å²) >= 11 is 0. The highest BCUT2D eigenvalue weighted by atomic mass is 16.7. The average molecular weight is 616 g/mol. The Hall–Kier alpha value is -3.30. The lowest BCUT2D eigenvalue weighted by atomic mass is 9.79. The maximum atomic E-state index is 13.2. The quantitative estimate of drug-likeness (QED) is 0.255. The van der Waals surface area contributed by atoms with Crippen LogP contribution < -0.4 is 0 Å². The topological polar surface area (TPSA) is 89.3 Å². The first-order valence-corrected chi connectivity index (χ1v) is 16.3. The fourth-order valence-corrected chi connectivity index (χ4v) is 7.13. The van der Waals surface area contributed by atoms with Gasteiger partial charge in [-0.05, 0) is 56.2 Å². The van der Waals surface area contributed by atoms with E-state index < -0.39 is 6.29 Å². The van der Waals surface area contributed by atoms with E-state index in [0.29, 0.717) is 25.3 Å². The monoisotopic (exact) mass is 615 g/mol. The van der Waals surface area contributed by atoms with Gasteiger partial charge in [-0.2, -0.15) is 0 Å². The number of hydrogen-bond donors (Lipinski definition) is 0. The summed E-state index contributed by atoms with van der Waals surface area (Å²) in [5.74, 6) is 0.0662. The van der Waals surface area contributed by atoms with Gasteiger partial charge in [-0.25, -0.2) is 9.78 Å². The van der Waals surface area contributed by atoms with Crippen LogP contribution in [0.4, 0.5) is 0 Å². The standard InChI is InChI=1S/C37H45NO7/c1-23-18-29-11-7-13-34(39)45-36-25(3)32(44-35(26(36)4)24(2)20-33-38-15-17-40-33)12-6-9-27-8-5-10-28(21-27)37-41-16-14-30(43-37)22-31(19-23)42-29/h5-10,13,15,17,20-21,25-26,29-32,35-37H,1,11-12,14,16,18-19,22H2,2-4H3/b9-6+,13-7-,24-20+/t25-,26-,29+,30+,31-,32-,35+,36-,37+/m0/s1. The predicted molar refractivity (Wildman–Crippen MR) is 171 cm³/mol. The summed E-state index contributed by atoms with van der Waals surface area (Å²) in [4.78, 5) is 17.4. The first-order valence-electron chi connectivity index (χ1n) is 16.3. The van der Waals surface area contributed by atoms with Crippen LogP contribution in [-0.2, 0) is 28.5 Å². The molecule has 4 aliphatic heterocycles. The summed E-state index contributed by atoms with van der Waals surface area (Å²) in [7, 11) is 0. The van der Waals surface area contributed by atoms with E-state index in [1.54, 1.807) is 18.5 Å². The second-order valence-electron chi connectivity index (χ2n) is 12.9. The van der Waals surface area contributed by atoms with Crippen LogP contribution in [0.2, 0.25) is 0 Å². The minimum absolute atomic E-state index is 0.0224. The molecule has 0 radical (unpaired) electrons. The van der Waals surface area contributed by atoms with Gasteiger partial charge in [0.05, 0.1) is 43.3 Å². The van der Waals surface area contributed by atoms with Crippen LogP contribution in [0.5, 0.6) is 0 Å². The number of aromatic nitrogens is 1. The Bertz CT molecular complexity index is 1410. The number of carbonyl (C=O) groups is 1. The van der Waals surface area contributed by atoms with Gasteiger partial charge in [0.1, 0.15) is 12.4 Å². The van der Waals surface area contributed by atoms with Gasteiger partial charge in [0.25, 0.3) is 0 Å². The fourth-order valence-electron chi connectivity index (χ4n) is 7.13. The molecule has 0 amide bonds. The summed E-state index contributed by atoms with van der Waals surface area (Å²) < 4.78 is 37.3. The molecular weight excluding hydrogens is 570 g/mol. The smallest absolute Gasteiger partial charge is 0.330 e. The van der Waals surface area contributed by atoms with Gasteiger partial charge in [-0.1, -0.05) is 62.4 Å². The van der Waals surface area contributed by atoms with Gasteiger partial charge < -0.3 is 28.1 Å². The Morgan fingerprint density at radius 1 is 1.00 bits per heavy atom. The van der Waals surface area contributed by atoms with Gasteiger partial charge in [0.15, 0.2) is 6.29 Å². The lowest BCUT2D eigenvalue weighted by Crippen LogP contribution is -2.50. The van der Waals surface area contributed by atoms with Crippen molar-refractivity contribution in [2.24, 2.45) is 11.8 Å². The van der Waals surface area contributed by atoms with Crippen molar-refractivity contribution in [1.29, 1.82) is 0 Å². The van der Waals surface area contributed by atoms with Gasteiger partial charge in [-0.15, -0.1) is 0 Å². The first kappa shape index (κ1) is 31.7. The highest BCUT2D eigenvalue weighted by Gasteiger charge is 2.43. The summed E-state index contributed by atoms with van der Waals surface area (Å²) in [6.45, 7) is 11.1. The summed E-state index contributed by atoms with van der Waals surface area (Å²) in [6, 6.07) is 8.29. The highest BCUT2D eigenvalue weighted by Crippen LogP contribution is 2.38. The first-order chi connectivity index (χ1) is 21.8. The van der Waals surface area contributed by atoms with E-state index in [0.717, 1.165) is 42.4 Å². The maximum Gasteiger partial charge on any atom is 0.330 e. The minimum atomic E-state index is -0.414.